The van der Waals surface area contributed by atoms with Crippen molar-refractivity contribution in [2.24, 2.45) is 0 Å². The standard InChI is InChI=1S/C47H83NO7/c1-6-8-10-12-14-16-18-20-21-22-23-24-25-26-28-30-32-34-36-38-46(50)55-43(41-53-40-39-44(47(51)52)48(3,4)5)42-54-45(49)37-35-33-31-29-27-19-17-15-13-11-9-7-2/h8,10,14-17,20-21,43-44H,6-7,9,11-13,18-19,22-42H2,1-5H3/p+1/b10-8+,16-14+,17-15+,21-20+. The number of quaternary nitrogens is 1. The van der Waals surface area contributed by atoms with E-state index >= 15 is 0 Å². The molecule has 0 aromatic carbocycles. The van der Waals surface area contributed by atoms with Gasteiger partial charge in [0.2, 0.25) is 0 Å². The zero-order chi connectivity index (χ0) is 40.7. The number of hydrogen-bond acceptors (Lipinski definition) is 6. The molecule has 0 rings (SSSR count). The van der Waals surface area contributed by atoms with E-state index in [1.54, 1.807) is 0 Å². The van der Waals surface area contributed by atoms with Gasteiger partial charge in [0.1, 0.15) is 6.61 Å². The fourth-order valence-electron chi connectivity index (χ4n) is 6.28. The fourth-order valence-corrected chi connectivity index (χ4v) is 6.28. The summed E-state index contributed by atoms with van der Waals surface area (Å²) in [5, 5.41) is 9.61. The maximum Gasteiger partial charge on any atom is 0.362 e. The average Bonchev–Trinajstić information content (AvgIpc) is 3.14. The van der Waals surface area contributed by atoms with Gasteiger partial charge < -0.3 is 23.8 Å². The van der Waals surface area contributed by atoms with Crippen LogP contribution in [0.3, 0.4) is 0 Å². The van der Waals surface area contributed by atoms with Gasteiger partial charge in [0.05, 0.1) is 34.4 Å². The van der Waals surface area contributed by atoms with E-state index in [-0.39, 0.29) is 36.2 Å². The molecule has 0 saturated heterocycles. The lowest BCUT2D eigenvalue weighted by atomic mass is 10.1. The number of carbonyl (C=O) groups is 3. The number of ether oxygens (including phenoxy) is 3. The molecule has 0 aliphatic rings. The maximum absolute atomic E-state index is 12.7. The first-order valence-electron chi connectivity index (χ1n) is 22.2. The Hall–Kier alpha value is -2.71. The highest BCUT2D eigenvalue weighted by atomic mass is 16.6. The number of carboxylic acids is 1. The minimum Gasteiger partial charge on any atom is -0.477 e. The van der Waals surface area contributed by atoms with Gasteiger partial charge >= 0.3 is 17.9 Å². The summed E-state index contributed by atoms with van der Waals surface area (Å²) in [5.41, 5.74) is 0. The monoisotopic (exact) mass is 775 g/mol. The highest BCUT2D eigenvalue weighted by Crippen LogP contribution is 2.14. The molecule has 0 amide bonds. The summed E-state index contributed by atoms with van der Waals surface area (Å²) >= 11 is 0. The molecule has 0 aliphatic carbocycles. The Morgan fingerprint density at radius 1 is 0.564 bits per heavy atom. The molecular formula is C47H84NO7+. The summed E-state index contributed by atoms with van der Waals surface area (Å²) in [6, 6.07) is -0.617. The van der Waals surface area contributed by atoms with E-state index in [2.05, 4.69) is 62.5 Å². The molecule has 318 valence electrons. The lowest BCUT2D eigenvalue weighted by molar-refractivity contribution is -0.887. The van der Waals surface area contributed by atoms with Crippen molar-refractivity contribution in [2.45, 2.75) is 193 Å². The predicted molar refractivity (Wildman–Crippen MR) is 229 cm³/mol. The first kappa shape index (κ1) is 52.3. The number of aliphatic carboxylic acids is 1. The Morgan fingerprint density at radius 3 is 1.53 bits per heavy atom. The van der Waals surface area contributed by atoms with Crippen LogP contribution in [0.15, 0.2) is 48.6 Å². The Morgan fingerprint density at radius 2 is 1.02 bits per heavy atom. The average molecular weight is 775 g/mol. The first-order valence-corrected chi connectivity index (χ1v) is 22.2. The fraction of sp³-hybridized carbons (Fsp3) is 0.766. The van der Waals surface area contributed by atoms with Crippen LogP contribution in [0.1, 0.15) is 181 Å². The molecule has 8 heteroatoms. The second-order valence-corrected chi connectivity index (χ2v) is 15.9. The zero-order valence-corrected chi connectivity index (χ0v) is 36.1. The van der Waals surface area contributed by atoms with Crippen molar-refractivity contribution >= 4 is 17.9 Å². The van der Waals surface area contributed by atoms with Crippen LogP contribution in [0.4, 0.5) is 0 Å². The van der Waals surface area contributed by atoms with E-state index < -0.39 is 18.1 Å². The topological polar surface area (TPSA) is 99.1 Å². The molecule has 1 N–H and O–H groups in total. The van der Waals surface area contributed by atoms with Crippen molar-refractivity contribution in [2.75, 3.05) is 41.0 Å². The summed E-state index contributed by atoms with van der Waals surface area (Å²) in [4.78, 5) is 36.9. The Kier molecular flexibility index (Phi) is 36.3. The highest BCUT2D eigenvalue weighted by molar-refractivity contribution is 5.72. The number of hydrogen-bond donors (Lipinski definition) is 1. The van der Waals surface area contributed by atoms with Crippen LogP contribution in [-0.2, 0) is 28.6 Å². The van der Waals surface area contributed by atoms with Gasteiger partial charge in [-0.3, -0.25) is 9.59 Å². The summed E-state index contributed by atoms with van der Waals surface area (Å²) in [7, 11) is 5.52. The van der Waals surface area contributed by atoms with Gasteiger partial charge in [-0.05, 0) is 70.6 Å². The van der Waals surface area contributed by atoms with Gasteiger partial charge in [0, 0.05) is 19.3 Å². The summed E-state index contributed by atoms with van der Waals surface area (Å²) in [6.45, 7) is 4.59. The van der Waals surface area contributed by atoms with Crippen molar-refractivity contribution in [1.29, 1.82) is 0 Å². The molecule has 0 fully saturated rings. The number of likely N-dealkylation sites (N-methyl/N-ethyl adjacent to an activating group) is 1. The Balaban J connectivity index is 4.33. The molecule has 2 unspecified atom stereocenters. The van der Waals surface area contributed by atoms with Gasteiger partial charge in [-0.1, -0.05) is 140 Å². The predicted octanol–water partition coefficient (Wildman–Crippen LogP) is 12.0. The number of carbonyl (C=O) groups excluding carboxylic acids is 2. The minimum absolute atomic E-state index is 0.0559. The molecule has 55 heavy (non-hydrogen) atoms. The Bertz CT molecular complexity index is 1040. The van der Waals surface area contributed by atoms with Crippen LogP contribution in [0.2, 0.25) is 0 Å². The molecular weight excluding hydrogens is 691 g/mol. The third kappa shape index (κ3) is 36.7. The van der Waals surface area contributed by atoms with Crippen LogP contribution in [0.5, 0.6) is 0 Å². The number of carboxylic acid groups (broad SMARTS) is 1. The smallest absolute Gasteiger partial charge is 0.362 e. The van der Waals surface area contributed by atoms with Crippen LogP contribution < -0.4 is 0 Å². The van der Waals surface area contributed by atoms with E-state index in [9.17, 15) is 19.5 Å². The number of rotatable bonds is 39. The van der Waals surface area contributed by atoms with Gasteiger partial charge in [-0.25, -0.2) is 4.79 Å². The molecule has 0 saturated carbocycles. The maximum atomic E-state index is 12.7. The number of nitrogens with zero attached hydrogens (tertiary/aromatic N) is 1. The summed E-state index contributed by atoms with van der Waals surface area (Å²) < 4.78 is 17.3. The van der Waals surface area contributed by atoms with E-state index in [1.807, 2.05) is 21.1 Å². The lowest BCUT2D eigenvalue weighted by Gasteiger charge is -2.31. The highest BCUT2D eigenvalue weighted by Gasteiger charge is 2.31. The van der Waals surface area contributed by atoms with Crippen LogP contribution in [0.25, 0.3) is 0 Å². The van der Waals surface area contributed by atoms with E-state index in [4.69, 9.17) is 14.2 Å². The van der Waals surface area contributed by atoms with Crippen molar-refractivity contribution in [3.05, 3.63) is 48.6 Å². The second kappa shape index (κ2) is 38.2. The molecule has 0 spiro atoms. The van der Waals surface area contributed by atoms with Gasteiger partial charge in [0.15, 0.2) is 12.1 Å². The summed E-state index contributed by atoms with van der Waals surface area (Å²) in [6.07, 6.45) is 44.3. The quantitative estimate of drug-likeness (QED) is 0.0287. The molecule has 0 heterocycles. The van der Waals surface area contributed by atoms with E-state index in [0.29, 0.717) is 19.3 Å². The normalized spacial score (nSPS) is 13.4. The number of esters is 2. The largest absolute Gasteiger partial charge is 0.477 e. The van der Waals surface area contributed by atoms with E-state index in [1.165, 1.54) is 70.6 Å². The molecule has 8 nitrogen and oxygen atoms in total. The number of unbranched alkanes of at least 4 members (excludes halogenated alkanes) is 17. The van der Waals surface area contributed by atoms with E-state index in [0.717, 1.165) is 77.0 Å². The molecule has 0 aliphatic heterocycles. The molecule has 0 bridgehead atoms. The second-order valence-electron chi connectivity index (χ2n) is 15.9. The van der Waals surface area contributed by atoms with Gasteiger partial charge in [0.25, 0.3) is 0 Å². The third-order valence-corrected chi connectivity index (χ3v) is 9.71. The van der Waals surface area contributed by atoms with Crippen molar-refractivity contribution in [1.82, 2.24) is 0 Å². The molecule has 0 radical (unpaired) electrons. The third-order valence-electron chi connectivity index (χ3n) is 9.71. The van der Waals surface area contributed by atoms with Crippen molar-refractivity contribution in [3.63, 3.8) is 0 Å². The van der Waals surface area contributed by atoms with Crippen LogP contribution >= 0.6 is 0 Å². The zero-order valence-electron chi connectivity index (χ0n) is 36.1. The molecule has 2 atom stereocenters. The minimum atomic E-state index is -0.878. The summed E-state index contributed by atoms with van der Waals surface area (Å²) in [5.74, 6) is -1.49. The van der Waals surface area contributed by atoms with Crippen molar-refractivity contribution in [3.8, 4) is 0 Å². The lowest BCUT2D eigenvalue weighted by Crippen LogP contribution is -2.50. The SMILES string of the molecule is CC/C=C/C/C=C/C/C=C/CCCCCCCCCCCC(=O)OC(COCCC(C(=O)O)[N+](C)(C)C)COC(=O)CCCCCCC/C=C/CCCCC. The van der Waals surface area contributed by atoms with Crippen LogP contribution in [-0.4, -0.2) is 80.6 Å². The first-order chi connectivity index (χ1) is 26.6. The van der Waals surface area contributed by atoms with Crippen LogP contribution in [0, 0.1) is 0 Å². The van der Waals surface area contributed by atoms with Gasteiger partial charge in [-0.15, -0.1) is 0 Å². The van der Waals surface area contributed by atoms with Gasteiger partial charge in [-0.2, -0.15) is 0 Å². The Labute approximate surface area is 337 Å². The van der Waals surface area contributed by atoms with Crippen molar-refractivity contribution < 1.29 is 38.2 Å². The number of allylic oxidation sites excluding steroid dienone is 8. The molecule has 0 aromatic rings. The molecule has 0 aromatic heterocycles.